The summed E-state index contributed by atoms with van der Waals surface area (Å²) < 4.78 is 10.5. The third-order valence-electron chi connectivity index (χ3n) is 5.33. The smallest absolute Gasteiger partial charge is 0.226 e. The topological polar surface area (TPSA) is 67.9 Å². The minimum atomic E-state index is -0.417. The maximum Gasteiger partial charge on any atom is 0.226 e. The number of carbonyl (C=O) groups excluding carboxylic acids is 2. The van der Waals surface area contributed by atoms with E-state index in [2.05, 4.69) is 5.32 Å². The lowest BCUT2D eigenvalue weighted by Crippen LogP contribution is -2.37. The Balaban J connectivity index is 1.69. The van der Waals surface area contributed by atoms with Crippen LogP contribution in [0.5, 0.6) is 5.75 Å². The molecule has 1 heterocycles. The van der Waals surface area contributed by atoms with E-state index in [9.17, 15) is 9.59 Å². The van der Waals surface area contributed by atoms with Crippen molar-refractivity contribution in [3.8, 4) is 5.75 Å². The van der Waals surface area contributed by atoms with Crippen molar-refractivity contribution in [2.24, 2.45) is 5.92 Å². The number of nitrogens with one attached hydrogen (secondary N) is 1. The van der Waals surface area contributed by atoms with Crippen molar-refractivity contribution in [1.29, 1.82) is 0 Å². The van der Waals surface area contributed by atoms with Gasteiger partial charge in [-0.25, -0.2) is 0 Å². The number of hydrogen-bond donors (Lipinski definition) is 1. The van der Waals surface area contributed by atoms with Crippen LogP contribution in [-0.4, -0.2) is 50.6 Å². The summed E-state index contributed by atoms with van der Waals surface area (Å²) >= 11 is 0. The number of para-hydroxylation sites is 1. The Hall–Kier alpha value is -2.86. The van der Waals surface area contributed by atoms with E-state index in [0.29, 0.717) is 26.1 Å². The lowest BCUT2D eigenvalue weighted by Gasteiger charge is -2.28. The number of carbonyl (C=O) groups is 2. The van der Waals surface area contributed by atoms with E-state index in [-0.39, 0.29) is 24.3 Å². The van der Waals surface area contributed by atoms with Gasteiger partial charge in [0.05, 0.1) is 25.7 Å². The van der Waals surface area contributed by atoms with Gasteiger partial charge in [0.15, 0.2) is 0 Å². The number of nitrogens with zero attached hydrogens (tertiary/aromatic N) is 1. The quantitative estimate of drug-likeness (QED) is 0.708. The van der Waals surface area contributed by atoms with Crippen molar-refractivity contribution in [3.05, 3.63) is 65.7 Å². The van der Waals surface area contributed by atoms with Gasteiger partial charge in [0, 0.05) is 26.6 Å². The minimum absolute atomic E-state index is 0.0132. The molecule has 2 amide bonds. The van der Waals surface area contributed by atoms with Crippen LogP contribution in [0.2, 0.25) is 0 Å². The van der Waals surface area contributed by atoms with Gasteiger partial charge >= 0.3 is 0 Å². The van der Waals surface area contributed by atoms with Crippen LogP contribution in [0.3, 0.4) is 0 Å². The molecule has 1 fully saturated rings. The first kappa shape index (κ1) is 20.9. The van der Waals surface area contributed by atoms with E-state index in [1.165, 1.54) is 0 Å². The fraction of sp³-hybridized carbons (Fsp3) is 0.391. The summed E-state index contributed by atoms with van der Waals surface area (Å²) in [5.74, 6) is 0.285. The number of hydrogen-bond acceptors (Lipinski definition) is 4. The average molecular weight is 396 g/mol. The van der Waals surface area contributed by atoms with Crippen LogP contribution in [0.4, 0.5) is 0 Å². The highest BCUT2D eigenvalue weighted by Crippen LogP contribution is 2.38. The molecule has 2 aromatic rings. The molecule has 29 heavy (non-hydrogen) atoms. The fourth-order valence-electron chi connectivity index (χ4n) is 3.90. The third-order valence-corrected chi connectivity index (χ3v) is 5.33. The number of ether oxygens (including phenoxy) is 2. The van der Waals surface area contributed by atoms with Crippen molar-refractivity contribution < 1.29 is 19.1 Å². The highest BCUT2D eigenvalue weighted by Gasteiger charge is 2.44. The summed E-state index contributed by atoms with van der Waals surface area (Å²) in [5, 5.41) is 3.02. The van der Waals surface area contributed by atoms with Gasteiger partial charge in [0.25, 0.3) is 0 Å². The van der Waals surface area contributed by atoms with Crippen molar-refractivity contribution in [2.75, 3.05) is 33.9 Å². The van der Waals surface area contributed by atoms with Crippen LogP contribution < -0.4 is 10.1 Å². The van der Waals surface area contributed by atoms with Gasteiger partial charge in [-0.3, -0.25) is 9.59 Å². The minimum Gasteiger partial charge on any atom is -0.496 e. The molecule has 2 aromatic carbocycles. The lowest BCUT2D eigenvalue weighted by atomic mass is 9.92. The first-order chi connectivity index (χ1) is 14.2. The molecular weight excluding hydrogens is 368 g/mol. The van der Waals surface area contributed by atoms with Crippen molar-refractivity contribution in [3.63, 3.8) is 0 Å². The maximum absolute atomic E-state index is 13.0. The van der Waals surface area contributed by atoms with Crippen LogP contribution in [0, 0.1) is 5.92 Å². The van der Waals surface area contributed by atoms with Crippen LogP contribution >= 0.6 is 0 Å². The summed E-state index contributed by atoms with van der Waals surface area (Å²) in [6.07, 6.45) is 0.879. The van der Waals surface area contributed by atoms with Crippen LogP contribution in [-0.2, 0) is 20.7 Å². The Morgan fingerprint density at radius 2 is 1.83 bits per heavy atom. The third kappa shape index (κ3) is 4.95. The van der Waals surface area contributed by atoms with Crippen molar-refractivity contribution >= 4 is 11.8 Å². The molecule has 0 aromatic heterocycles. The van der Waals surface area contributed by atoms with Crippen LogP contribution in [0.1, 0.15) is 23.6 Å². The second-order valence-electron chi connectivity index (χ2n) is 7.10. The van der Waals surface area contributed by atoms with Crippen molar-refractivity contribution in [2.45, 2.75) is 18.9 Å². The second-order valence-corrected chi connectivity index (χ2v) is 7.10. The molecule has 1 aliphatic rings. The zero-order chi connectivity index (χ0) is 20.6. The molecule has 0 saturated carbocycles. The highest BCUT2D eigenvalue weighted by atomic mass is 16.5. The molecule has 0 spiro atoms. The molecule has 6 heteroatoms. The average Bonchev–Trinajstić information content (AvgIpc) is 3.09. The predicted octanol–water partition coefficient (Wildman–Crippen LogP) is 2.59. The van der Waals surface area contributed by atoms with Gasteiger partial charge in [-0.15, -0.1) is 0 Å². The zero-order valence-electron chi connectivity index (χ0n) is 17.0. The molecule has 0 aliphatic carbocycles. The Morgan fingerprint density at radius 3 is 2.55 bits per heavy atom. The Bertz CT molecular complexity index is 825. The first-order valence-corrected chi connectivity index (χ1v) is 9.88. The number of rotatable bonds is 9. The standard InChI is InChI=1S/C23H28N2O4/c1-28-15-14-25-21(26)16-19(22(25)18-9-4-3-5-10-18)23(27)24-13-12-17-8-6-7-11-20(17)29-2/h3-11,19,22H,12-16H2,1-2H3,(H,24,27)/t19-,22+/m1/s1. The SMILES string of the molecule is COCCN1C(=O)C[C@@H](C(=O)NCCc2ccccc2OC)[C@@H]1c1ccccc1. The van der Waals surface area contributed by atoms with Gasteiger partial charge in [0.1, 0.15) is 5.75 Å². The highest BCUT2D eigenvalue weighted by molar-refractivity contribution is 5.90. The van der Waals surface area contributed by atoms with E-state index in [0.717, 1.165) is 16.9 Å². The summed E-state index contributed by atoms with van der Waals surface area (Å²) in [7, 11) is 3.25. The van der Waals surface area contributed by atoms with E-state index in [1.807, 2.05) is 54.6 Å². The molecule has 0 radical (unpaired) electrons. The molecule has 6 nitrogen and oxygen atoms in total. The predicted molar refractivity (Wildman–Crippen MR) is 111 cm³/mol. The van der Waals surface area contributed by atoms with E-state index >= 15 is 0 Å². The summed E-state index contributed by atoms with van der Waals surface area (Å²) in [4.78, 5) is 27.4. The molecule has 1 aliphatic heterocycles. The molecule has 3 rings (SSSR count). The van der Waals surface area contributed by atoms with Crippen molar-refractivity contribution in [1.82, 2.24) is 10.2 Å². The molecular formula is C23H28N2O4. The molecule has 0 bridgehead atoms. The number of likely N-dealkylation sites (tertiary alicyclic amines) is 1. The van der Waals surface area contributed by atoms with Gasteiger partial charge < -0.3 is 19.7 Å². The molecule has 2 atom stereocenters. The largest absolute Gasteiger partial charge is 0.496 e. The first-order valence-electron chi connectivity index (χ1n) is 9.88. The monoisotopic (exact) mass is 396 g/mol. The van der Waals surface area contributed by atoms with E-state index in [4.69, 9.17) is 9.47 Å². The van der Waals surface area contributed by atoms with Gasteiger partial charge in [0.2, 0.25) is 11.8 Å². The Labute approximate surface area is 171 Å². The maximum atomic E-state index is 13.0. The lowest BCUT2D eigenvalue weighted by molar-refractivity contribution is -0.129. The van der Waals surface area contributed by atoms with E-state index in [1.54, 1.807) is 19.1 Å². The van der Waals surface area contributed by atoms with Gasteiger partial charge in [-0.2, -0.15) is 0 Å². The number of methoxy groups -OCH3 is 2. The van der Waals surface area contributed by atoms with Crippen LogP contribution in [0.15, 0.2) is 54.6 Å². The fourth-order valence-corrected chi connectivity index (χ4v) is 3.90. The number of amides is 2. The molecule has 0 unspecified atom stereocenters. The zero-order valence-corrected chi connectivity index (χ0v) is 17.0. The molecule has 1 N–H and O–H groups in total. The summed E-state index contributed by atoms with van der Waals surface area (Å²) in [5.41, 5.74) is 2.01. The van der Waals surface area contributed by atoms with Gasteiger partial charge in [-0.05, 0) is 23.6 Å². The van der Waals surface area contributed by atoms with Crippen LogP contribution in [0.25, 0.3) is 0 Å². The Morgan fingerprint density at radius 1 is 1.10 bits per heavy atom. The Kier molecular flexibility index (Phi) is 7.25. The molecule has 1 saturated heterocycles. The van der Waals surface area contributed by atoms with Gasteiger partial charge in [-0.1, -0.05) is 48.5 Å². The normalized spacial score (nSPS) is 18.7. The number of benzene rings is 2. The summed E-state index contributed by atoms with van der Waals surface area (Å²) in [6.45, 7) is 1.40. The second kappa shape index (κ2) is 10.1. The van der Waals surface area contributed by atoms with E-state index < -0.39 is 5.92 Å². The summed E-state index contributed by atoms with van der Waals surface area (Å²) in [6, 6.07) is 17.2. The molecule has 154 valence electrons.